The van der Waals surface area contributed by atoms with E-state index < -0.39 is 23.9 Å². The minimum atomic E-state index is -1.26. The number of aliphatic hydroxyl groups is 2. The van der Waals surface area contributed by atoms with Gasteiger partial charge in [0.05, 0.1) is 0 Å². The molecular formula is C8H11NO5. The monoisotopic (exact) mass is 201 g/mol. The van der Waals surface area contributed by atoms with Crippen LogP contribution in [0.1, 0.15) is 12.8 Å². The summed E-state index contributed by atoms with van der Waals surface area (Å²) >= 11 is 0. The molecule has 5 N–H and O–H groups in total. The lowest BCUT2D eigenvalue weighted by atomic mass is 10.0. The summed E-state index contributed by atoms with van der Waals surface area (Å²) in [6.07, 6.45) is -1.66. The van der Waals surface area contributed by atoms with E-state index in [-0.39, 0.29) is 24.2 Å². The number of carboxylic acids is 1. The zero-order chi connectivity index (χ0) is 10.9. The Kier molecular flexibility index (Phi) is 2.87. The van der Waals surface area contributed by atoms with Gasteiger partial charge in [-0.15, -0.1) is 0 Å². The molecule has 0 aromatic heterocycles. The summed E-state index contributed by atoms with van der Waals surface area (Å²) in [4.78, 5) is 21.5. The quantitative estimate of drug-likeness (QED) is 0.461. The van der Waals surface area contributed by atoms with Crippen molar-refractivity contribution in [3.05, 3.63) is 11.3 Å². The maximum Gasteiger partial charge on any atom is 0.320 e. The first kappa shape index (κ1) is 10.7. The third-order valence-electron chi connectivity index (χ3n) is 2.08. The van der Waals surface area contributed by atoms with Gasteiger partial charge in [-0.2, -0.15) is 0 Å². The van der Waals surface area contributed by atoms with Crippen molar-refractivity contribution < 1.29 is 24.9 Å². The van der Waals surface area contributed by atoms with Crippen molar-refractivity contribution in [3.8, 4) is 0 Å². The third-order valence-corrected chi connectivity index (χ3v) is 2.08. The number of nitrogens with two attached hydrogens (primary N) is 1. The van der Waals surface area contributed by atoms with Crippen LogP contribution in [0.15, 0.2) is 11.3 Å². The Hall–Kier alpha value is -1.40. The minimum Gasteiger partial charge on any atom is -0.512 e. The molecule has 1 rings (SSSR count). The zero-order valence-corrected chi connectivity index (χ0v) is 7.30. The highest BCUT2D eigenvalue weighted by atomic mass is 16.4. The van der Waals surface area contributed by atoms with Crippen molar-refractivity contribution in [3.63, 3.8) is 0 Å². The summed E-state index contributed by atoms with van der Waals surface area (Å²) in [5.74, 6) is -2.15. The van der Waals surface area contributed by atoms with E-state index >= 15 is 0 Å². The molecule has 2 atom stereocenters. The van der Waals surface area contributed by atoms with Crippen LogP contribution in [-0.4, -0.2) is 39.2 Å². The number of hydrogen-bond acceptors (Lipinski definition) is 5. The van der Waals surface area contributed by atoms with Gasteiger partial charge in [-0.25, -0.2) is 0 Å². The molecule has 0 saturated carbocycles. The molecule has 1 aliphatic rings. The fourth-order valence-electron chi connectivity index (χ4n) is 1.27. The van der Waals surface area contributed by atoms with Crippen molar-refractivity contribution in [1.29, 1.82) is 0 Å². The van der Waals surface area contributed by atoms with Crippen molar-refractivity contribution in [2.45, 2.75) is 25.0 Å². The molecule has 6 heteroatoms. The van der Waals surface area contributed by atoms with Gasteiger partial charge in [0.25, 0.3) is 0 Å². The van der Waals surface area contributed by atoms with E-state index in [1.165, 1.54) is 0 Å². The van der Waals surface area contributed by atoms with Gasteiger partial charge < -0.3 is 21.1 Å². The van der Waals surface area contributed by atoms with Crippen molar-refractivity contribution in [1.82, 2.24) is 0 Å². The number of carboxylic acid groups (broad SMARTS) is 1. The molecule has 6 nitrogen and oxygen atoms in total. The lowest BCUT2D eigenvalue weighted by Crippen LogP contribution is -2.32. The van der Waals surface area contributed by atoms with Crippen LogP contribution in [0.5, 0.6) is 0 Å². The number of hydrogen-bond donors (Lipinski definition) is 4. The standard InChI is InChI=1S/C8H11NO5/c9-4(8(13)14)1-3-5(10)2-6(11)7(3)12/h4,6,10-11H,1-2,9H2,(H,13,14). The Balaban J connectivity index is 2.74. The molecule has 0 fully saturated rings. The number of carbonyl (C=O) groups is 2. The highest BCUT2D eigenvalue weighted by Gasteiger charge is 2.33. The second-order valence-corrected chi connectivity index (χ2v) is 3.16. The highest BCUT2D eigenvalue weighted by Crippen LogP contribution is 2.24. The van der Waals surface area contributed by atoms with E-state index in [1.807, 2.05) is 0 Å². The fourth-order valence-corrected chi connectivity index (χ4v) is 1.27. The zero-order valence-electron chi connectivity index (χ0n) is 7.30. The minimum absolute atomic E-state index is 0.0765. The molecule has 0 heterocycles. The van der Waals surface area contributed by atoms with Gasteiger partial charge in [-0.1, -0.05) is 0 Å². The van der Waals surface area contributed by atoms with Gasteiger partial charge in [-0.3, -0.25) is 9.59 Å². The van der Waals surface area contributed by atoms with E-state index in [2.05, 4.69) is 0 Å². The summed E-state index contributed by atoms with van der Waals surface area (Å²) in [7, 11) is 0. The Labute approximate surface area is 79.6 Å². The molecule has 78 valence electrons. The topological polar surface area (TPSA) is 121 Å². The Morgan fingerprint density at radius 1 is 1.64 bits per heavy atom. The summed E-state index contributed by atoms with van der Waals surface area (Å²) in [6.45, 7) is 0. The number of rotatable bonds is 3. The van der Waals surface area contributed by atoms with E-state index in [9.17, 15) is 14.7 Å². The molecule has 0 spiro atoms. The van der Waals surface area contributed by atoms with E-state index in [4.69, 9.17) is 15.9 Å². The molecule has 1 aliphatic carbocycles. The van der Waals surface area contributed by atoms with Crippen LogP contribution >= 0.6 is 0 Å². The lowest BCUT2D eigenvalue weighted by Gasteiger charge is -2.06. The van der Waals surface area contributed by atoms with Crippen LogP contribution in [0, 0.1) is 0 Å². The van der Waals surface area contributed by atoms with Gasteiger partial charge >= 0.3 is 5.97 Å². The molecule has 14 heavy (non-hydrogen) atoms. The highest BCUT2D eigenvalue weighted by molar-refractivity contribution is 6.02. The van der Waals surface area contributed by atoms with Crippen molar-refractivity contribution >= 4 is 11.8 Å². The van der Waals surface area contributed by atoms with Crippen LogP contribution in [0.25, 0.3) is 0 Å². The Morgan fingerprint density at radius 2 is 2.21 bits per heavy atom. The SMILES string of the molecule is NC(CC1=C(O)CC(O)C1=O)C(=O)O. The number of aliphatic hydroxyl groups excluding tert-OH is 2. The predicted octanol–water partition coefficient (Wildman–Crippen LogP) is -1.07. The predicted molar refractivity (Wildman–Crippen MR) is 45.5 cm³/mol. The number of ketones is 1. The first-order valence-corrected chi connectivity index (χ1v) is 4.05. The van der Waals surface area contributed by atoms with Crippen molar-refractivity contribution in [2.75, 3.05) is 0 Å². The molecule has 0 aromatic carbocycles. The smallest absolute Gasteiger partial charge is 0.320 e. The molecular weight excluding hydrogens is 190 g/mol. The third kappa shape index (κ3) is 1.91. The largest absolute Gasteiger partial charge is 0.512 e. The van der Waals surface area contributed by atoms with E-state index in [1.54, 1.807) is 0 Å². The second kappa shape index (κ2) is 3.77. The van der Waals surface area contributed by atoms with Crippen LogP contribution in [0.2, 0.25) is 0 Å². The van der Waals surface area contributed by atoms with Gasteiger partial charge in [0, 0.05) is 18.4 Å². The maximum atomic E-state index is 11.2. The van der Waals surface area contributed by atoms with Gasteiger partial charge in [0.15, 0.2) is 5.78 Å². The van der Waals surface area contributed by atoms with Gasteiger partial charge in [0.2, 0.25) is 0 Å². The molecule has 0 radical (unpaired) electrons. The number of carbonyl (C=O) groups excluding carboxylic acids is 1. The number of Topliss-reactive ketones (excluding diaryl/α,β-unsaturated/α-hetero) is 1. The average Bonchev–Trinajstić information content (AvgIpc) is 2.32. The summed E-state index contributed by atoms with van der Waals surface area (Å²) < 4.78 is 0. The molecule has 0 saturated heterocycles. The summed E-state index contributed by atoms with van der Waals surface area (Å²) in [5, 5.41) is 26.7. The normalized spacial score (nSPS) is 24.1. The molecule has 0 amide bonds. The Bertz CT molecular complexity index is 309. The number of aliphatic carboxylic acids is 1. The molecule has 0 aromatic rings. The van der Waals surface area contributed by atoms with Crippen LogP contribution in [0.3, 0.4) is 0 Å². The summed E-state index contributed by atoms with van der Waals surface area (Å²) in [6, 6.07) is -1.23. The van der Waals surface area contributed by atoms with Crippen LogP contribution in [-0.2, 0) is 9.59 Å². The van der Waals surface area contributed by atoms with E-state index in [0.717, 1.165) is 0 Å². The lowest BCUT2D eigenvalue weighted by molar-refractivity contribution is -0.138. The van der Waals surface area contributed by atoms with Crippen LogP contribution < -0.4 is 5.73 Å². The second-order valence-electron chi connectivity index (χ2n) is 3.16. The Morgan fingerprint density at radius 3 is 2.57 bits per heavy atom. The van der Waals surface area contributed by atoms with Gasteiger partial charge in [-0.05, 0) is 0 Å². The molecule has 0 bridgehead atoms. The van der Waals surface area contributed by atoms with E-state index in [0.29, 0.717) is 0 Å². The molecule has 2 unspecified atom stereocenters. The fraction of sp³-hybridized carbons (Fsp3) is 0.500. The first-order chi connectivity index (χ1) is 6.43. The van der Waals surface area contributed by atoms with Crippen LogP contribution in [0.4, 0.5) is 0 Å². The van der Waals surface area contributed by atoms with Crippen molar-refractivity contribution in [2.24, 2.45) is 5.73 Å². The maximum absolute atomic E-state index is 11.2. The van der Waals surface area contributed by atoms with Gasteiger partial charge in [0.1, 0.15) is 17.9 Å². The summed E-state index contributed by atoms with van der Waals surface area (Å²) in [5.41, 5.74) is 5.11. The molecule has 0 aliphatic heterocycles. The first-order valence-electron chi connectivity index (χ1n) is 4.05. The average molecular weight is 201 g/mol.